The molecule has 3 aromatic carbocycles. The van der Waals surface area contributed by atoms with Gasteiger partial charge >= 0.3 is 0 Å². The van der Waals surface area contributed by atoms with E-state index >= 15 is 0 Å². The predicted octanol–water partition coefficient (Wildman–Crippen LogP) is 3.35. The molecule has 6 nitrogen and oxygen atoms in total. The minimum Gasteiger partial charge on any atom is -0.496 e. The van der Waals surface area contributed by atoms with E-state index in [0.717, 1.165) is 21.9 Å². The van der Waals surface area contributed by atoms with Crippen LogP contribution in [0.4, 0.5) is 0 Å². The summed E-state index contributed by atoms with van der Waals surface area (Å²) in [5, 5.41) is 3.21. The topological polar surface area (TPSA) is 92.5 Å². The third-order valence-corrected chi connectivity index (χ3v) is 6.41. The molecular weight excluding hydrogens is 378 g/mol. The maximum absolute atomic E-state index is 13.7. The third-order valence-electron chi connectivity index (χ3n) is 6.41. The maximum atomic E-state index is 13.7. The number of pyridine rings is 1. The van der Waals surface area contributed by atoms with Crippen LogP contribution in [0.15, 0.2) is 47.3 Å². The first kappa shape index (κ1) is 18.9. The normalized spacial score (nSPS) is 20.3. The van der Waals surface area contributed by atoms with E-state index in [1.54, 1.807) is 13.2 Å². The molecule has 0 bridgehead atoms. The Bertz CT molecular complexity index is 1400. The smallest absolute Gasteiger partial charge is 0.201 e. The van der Waals surface area contributed by atoms with Crippen molar-refractivity contribution in [2.24, 2.45) is 18.5 Å². The average molecular weight is 403 g/mol. The Hall–Kier alpha value is -3.09. The first-order chi connectivity index (χ1) is 14.2. The molecule has 0 spiro atoms. The first-order valence-corrected chi connectivity index (χ1v) is 10.0. The van der Waals surface area contributed by atoms with Crippen molar-refractivity contribution in [3.05, 3.63) is 58.3 Å². The monoisotopic (exact) mass is 403 g/mol. The molecule has 30 heavy (non-hydrogen) atoms. The molecule has 1 aromatic heterocycles. The molecule has 0 saturated heterocycles. The molecule has 154 valence electrons. The number of aromatic nitrogens is 1. The largest absolute Gasteiger partial charge is 0.496 e. The van der Waals surface area contributed by atoms with Crippen LogP contribution in [0, 0.1) is 0 Å². The highest BCUT2D eigenvalue weighted by Gasteiger charge is 2.42. The lowest BCUT2D eigenvalue weighted by atomic mass is 9.84. The lowest BCUT2D eigenvalue weighted by molar-refractivity contribution is 0.0511. The molecule has 2 heterocycles. The van der Waals surface area contributed by atoms with Gasteiger partial charge in [0.05, 0.1) is 35.6 Å². The summed E-state index contributed by atoms with van der Waals surface area (Å²) in [4.78, 5) is 13.7. The summed E-state index contributed by atoms with van der Waals surface area (Å²) in [5.41, 5.74) is 14.6. The molecule has 0 radical (unpaired) electrons. The average Bonchev–Trinajstić information content (AvgIpc) is 2.73. The summed E-state index contributed by atoms with van der Waals surface area (Å²) in [6.45, 7) is 3.84. The maximum Gasteiger partial charge on any atom is 0.201 e. The van der Waals surface area contributed by atoms with Crippen LogP contribution in [0.25, 0.3) is 32.6 Å². The van der Waals surface area contributed by atoms with Gasteiger partial charge in [-0.15, -0.1) is 0 Å². The number of methoxy groups -OCH3 is 1. The fourth-order valence-electron chi connectivity index (χ4n) is 4.68. The van der Waals surface area contributed by atoms with E-state index in [1.807, 2.05) is 61.9 Å². The molecule has 2 atom stereocenters. The molecule has 0 amide bonds. The lowest BCUT2D eigenvalue weighted by Crippen LogP contribution is -2.56. The van der Waals surface area contributed by atoms with Gasteiger partial charge in [0, 0.05) is 24.1 Å². The molecule has 0 saturated carbocycles. The lowest BCUT2D eigenvalue weighted by Gasteiger charge is -2.42. The fourth-order valence-corrected chi connectivity index (χ4v) is 4.68. The highest BCUT2D eigenvalue weighted by molar-refractivity contribution is 6.04. The molecule has 1 aliphatic heterocycles. The van der Waals surface area contributed by atoms with Gasteiger partial charge in [-0.3, -0.25) is 4.79 Å². The Morgan fingerprint density at radius 2 is 1.77 bits per heavy atom. The van der Waals surface area contributed by atoms with Gasteiger partial charge < -0.3 is 25.5 Å². The Morgan fingerprint density at radius 3 is 2.43 bits per heavy atom. The van der Waals surface area contributed by atoms with Gasteiger partial charge in [-0.2, -0.15) is 0 Å². The predicted molar refractivity (Wildman–Crippen MR) is 120 cm³/mol. The summed E-state index contributed by atoms with van der Waals surface area (Å²) >= 11 is 0. The van der Waals surface area contributed by atoms with E-state index in [9.17, 15) is 4.79 Å². The molecule has 2 unspecified atom stereocenters. The molecule has 6 heteroatoms. The van der Waals surface area contributed by atoms with Crippen molar-refractivity contribution in [3.8, 4) is 11.5 Å². The van der Waals surface area contributed by atoms with Crippen LogP contribution in [0.1, 0.15) is 25.5 Å². The van der Waals surface area contributed by atoms with E-state index in [0.29, 0.717) is 27.8 Å². The van der Waals surface area contributed by atoms with Crippen LogP contribution in [-0.2, 0) is 7.05 Å². The summed E-state index contributed by atoms with van der Waals surface area (Å²) in [6.07, 6.45) is 0. The second-order valence-electron chi connectivity index (χ2n) is 8.58. The van der Waals surface area contributed by atoms with Gasteiger partial charge in [0.1, 0.15) is 17.1 Å². The Labute approximate surface area is 174 Å². The van der Waals surface area contributed by atoms with Crippen molar-refractivity contribution in [2.75, 3.05) is 7.11 Å². The SMILES string of the molecule is COc1cc2c(c3c1c(=O)c1cc4ccccc4cc1n3C)C(N)C(N)C(C)(C)O2. The second kappa shape index (κ2) is 6.20. The molecule has 1 aliphatic rings. The molecule has 0 aliphatic carbocycles. The Morgan fingerprint density at radius 1 is 1.10 bits per heavy atom. The molecule has 0 fully saturated rings. The number of ether oxygens (including phenoxy) is 2. The third kappa shape index (κ3) is 2.41. The van der Waals surface area contributed by atoms with E-state index in [4.69, 9.17) is 20.9 Å². The summed E-state index contributed by atoms with van der Waals surface area (Å²) < 4.78 is 13.9. The van der Waals surface area contributed by atoms with E-state index in [2.05, 4.69) is 0 Å². The van der Waals surface area contributed by atoms with Crippen LogP contribution < -0.4 is 26.4 Å². The van der Waals surface area contributed by atoms with Crippen LogP contribution in [0.3, 0.4) is 0 Å². The van der Waals surface area contributed by atoms with Crippen LogP contribution >= 0.6 is 0 Å². The van der Waals surface area contributed by atoms with E-state index in [1.165, 1.54) is 0 Å². The number of hydrogen-bond acceptors (Lipinski definition) is 5. The van der Waals surface area contributed by atoms with Crippen molar-refractivity contribution >= 4 is 32.6 Å². The highest BCUT2D eigenvalue weighted by atomic mass is 16.5. The van der Waals surface area contributed by atoms with E-state index in [-0.39, 0.29) is 5.43 Å². The van der Waals surface area contributed by atoms with E-state index < -0.39 is 17.7 Å². The Kier molecular flexibility index (Phi) is 3.91. The van der Waals surface area contributed by atoms with Crippen molar-refractivity contribution < 1.29 is 9.47 Å². The number of hydrogen-bond donors (Lipinski definition) is 2. The van der Waals surface area contributed by atoms with Crippen molar-refractivity contribution in [1.29, 1.82) is 0 Å². The van der Waals surface area contributed by atoms with Gasteiger partial charge in [-0.1, -0.05) is 24.3 Å². The van der Waals surface area contributed by atoms with Gasteiger partial charge in [-0.25, -0.2) is 0 Å². The summed E-state index contributed by atoms with van der Waals surface area (Å²) in [5.74, 6) is 1.08. The highest BCUT2D eigenvalue weighted by Crippen LogP contribution is 2.45. The number of nitrogens with zero attached hydrogens (tertiary/aromatic N) is 1. The van der Waals surface area contributed by atoms with Gasteiger partial charge in [0.25, 0.3) is 0 Å². The molecule has 4 N–H and O–H groups in total. The van der Waals surface area contributed by atoms with Crippen LogP contribution in [-0.4, -0.2) is 23.3 Å². The standard InChI is InChI=1S/C24H25N3O3/c1-24(2)23(26)20(25)18-17(30-24)11-16(29-4)19-21(18)27(3)15-10-13-8-6-5-7-12(13)9-14(15)22(19)28/h5-11,20,23H,25-26H2,1-4H3. The summed E-state index contributed by atoms with van der Waals surface area (Å²) in [6, 6.07) is 12.8. The number of benzene rings is 3. The zero-order chi connectivity index (χ0) is 21.4. The molecule has 5 rings (SSSR count). The minimum atomic E-state index is -0.642. The van der Waals surface area contributed by atoms with Gasteiger partial charge in [-0.05, 0) is 36.8 Å². The number of rotatable bonds is 1. The van der Waals surface area contributed by atoms with Crippen molar-refractivity contribution in [1.82, 2.24) is 4.57 Å². The van der Waals surface area contributed by atoms with Gasteiger partial charge in [0.2, 0.25) is 5.43 Å². The van der Waals surface area contributed by atoms with Gasteiger partial charge in [0.15, 0.2) is 0 Å². The zero-order valence-electron chi connectivity index (χ0n) is 17.5. The van der Waals surface area contributed by atoms with Crippen molar-refractivity contribution in [3.63, 3.8) is 0 Å². The van der Waals surface area contributed by atoms with Crippen molar-refractivity contribution in [2.45, 2.75) is 31.5 Å². The number of aryl methyl sites for hydroxylation is 1. The quantitative estimate of drug-likeness (QED) is 0.476. The van der Waals surface area contributed by atoms with Crippen LogP contribution in [0.5, 0.6) is 11.5 Å². The Balaban J connectivity index is 2.01. The minimum absolute atomic E-state index is 0.0888. The summed E-state index contributed by atoms with van der Waals surface area (Å²) in [7, 11) is 3.50. The number of nitrogens with two attached hydrogens (primary N) is 2. The zero-order valence-corrected chi connectivity index (χ0v) is 17.5. The first-order valence-electron chi connectivity index (χ1n) is 10.0. The van der Waals surface area contributed by atoms with Crippen LogP contribution in [0.2, 0.25) is 0 Å². The molecule has 4 aromatic rings. The second-order valence-corrected chi connectivity index (χ2v) is 8.58. The molecular formula is C24H25N3O3. The number of fused-ring (bicyclic) bond motifs is 5. The fraction of sp³-hybridized carbons (Fsp3) is 0.292.